The molecular formula is C12Br8I2O. The van der Waals surface area contributed by atoms with E-state index in [4.69, 9.17) is 4.74 Å². The summed E-state index contributed by atoms with van der Waals surface area (Å²) >= 11 is 33.2. The van der Waals surface area contributed by atoms with E-state index in [1.54, 1.807) is 0 Å². The maximum Gasteiger partial charge on any atom is 0.158 e. The Labute approximate surface area is 227 Å². The Morgan fingerprint density at radius 3 is 0.870 bits per heavy atom. The van der Waals surface area contributed by atoms with Crippen molar-refractivity contribution in [2.45, 2.75) is 0 Å². The minimum absolute atomic E-state index is 0.658. The number of rotatable bonds is 2. The van der Waals surface area contributed by atoms with Gasteiger partial charge in [0.05, 0.1) is 35.8 Å². The summed E-state index contributed by atoms with van der Waals surface area (Å²) in [5.41, 5.74) is 0. The monoisotopic (exact) mass is 1050 g/mol. The lowest BCUT2D eigenvalue weighted by molar-refractivity contribution is 0.468. The average Bonchev–Trinajstić information content (AvgIpc) is 2.54. The molecule has 23 heavy (non-hydrogen) atoms. The maximum absolute atomic E-state index is 6.22. The summed E-state index contributed by atoms with van der Waals surface area (Å²) in [4.78, 5) is 0. The molecule has 0 atom stereocenters. The van der Waals surface area contributed by atoms with Gasteiger partial charge in [0.25, 0.3) is 0 Å². The zero-order chi connectivity index (χ0) is 17.6. The van der Waals surface area contributed by atoms with Gasteiger partial charge in [-0.05, 0) is 173 Å². The van der Waals surface area contributed by atoms with Crippen molar-refractivity contribution in [1.29, 1.82) is 0 Å². The van der Waals surface area contributed by atoms with E-state index in [9.17, 15) is 0 Å². The van der Waals surface area contributed by atoms with Crippen LogP contribution in [0.4, 0.5) is 0 Å². The predicted octanol–water partition coefficient (Wildman–Crippen LogP) is 10.8. The summed E-state index contributed by atoms with van der Waals surface area (Å²) in [5, 5.41) is 0. The predicted molar refractivity (Wildman–Crippen MR) is 140 cm³/mol. The Balaban J connectivity index is 2.71. The molecule has 124 valence electrons. The van der Waals surface area contributed by atoms with Crippen molar-refractivity contribution in [3.05, 3.63) is 42.9 Å². The molecule has 0 saturated carbocycles. The van der Waals surface area contributed by atoms with Crippen LogP contribution in [0.5, 0.6) is 11.5 Å². The first-order valence-electron chi connectivity index (χ1n) is 5.30. The summed E-state index contributed by atoms with van der Waals surface area (Å²) in [6.07, 6.45) is 0. The molecule has 1 nitrogen and oxygen atoms in total. The molecule has 0 bridgehead atoms. The van der Waals surface area contributed by atoms with Crippen LogP contribution in [0.25, 0.3) is 0 Å². The number of ether oxygens (including phenoxy) is 1. The molecule has 0 spiro atoms. The zero-order valence-electron chi connectivity index (χ0n) is 10.2. The highest BCUT2D eigenvalue weighted by molar-refractivity contribution is 14.1. The molecule has 0 aliphatic heterocycles. The Morgan fingerprint density at radius 2 is 0.652 bits per heavy atom. The van der Waals surface area contributed by atoms with Gasteiger partial charge in [-0.25, -0.2) is 0 Å². The van der Waals surface area contributed by atoms with Gasteiger partial charge in [-0.1, -0.05) is 0 Å². The van der Waals surface area contributed by atoms with Crippen molar-refractivity contribution >= 4 is 173 Å². The maximum atomic E-state index is 6.22. The minimum Gasteiger partial charge on any atom is -0.452 e. The van der Waals surface area contributed by atoms with E-state index in [1.807, 2.05) is 0 Å². The molecule has 2 aromatic carbocycles. The molecule has 0 fully saturated rings. The van der Waals surface area contributed by atoms with E-state index in [0.29, 0.717) is 11.5 Å². The van der Waals surface area contributed by atoms with E-state index in [1.165, 1.54) is 0 Å². The molecule has 11 heteroatoms. The van der Waals surface area contributed by atoms with Crippen LogP contribution in [0.1, 0.15) is 0 Å². The lowest BCUT2D eigenvalue weighted by Crippen LogP contribution is -1.96. The van der Waals surface area contributed by atoms with Gasteiger partial charge < -0.3 is 4.74 Å². The van der Waals surface area contributed by atoms with Crippen LogP contribution in [-0.4, -0.2) is 0 Å². The fraction of sp³-hybridized carbons (Fsp3) is 0. The highest BCUT2D eigenvalue weighted by atomic mass is 127. The SMILES string of the molecule is Brc1c(Br)c(Oc2c(Br)c(Br)c(I)c(Br)c2Br)c(Br)c(Br)c1I. The number of halogens is 10. The average molecular weight is 1050 g/mol. The van der Waals surface area contributed by atoms with Crippen LogP contribution < -0.4 is 4.74 Å². The van der Waals surface area contributed by atoms with Crippen LogP contribution in [-0.2, 0) is 0 Å². The van der Waals surface area contributed by atoms with E-state index < -0.39 is 0 Å². The van der Waals surface area contributed by atoms with Gasteiger partial charge in [0, 0.05) is 7.14 Å². The third kappa shape index (κ3) is 4.59. The summed E-state index contributed by atoms with van der Waals surface area (Å²) in [7, 11) is 0. The molecule has 0 aliphatic carbocycles. The van der Waals surface area contributed by atoms with Gasteiger partial charge in [0.1, 0.15) is 0 Å². The fourth-order valence-corrected chi connectivity index (χ4v) is 8.50. The van der Waals surface area contributed by atoms with Crippen molar-refractivity contribution in [3.63, 3.8) is 0 Å². The second kappa shape index (κ2) is 9.36. The van der Waals surface area contributed by atoms with Crippen molar-refractivity contribution in [1.82, 2.24) is 0 Å². The zero-order valence-corrected chi connectivity index (χ0v) is 27.2. The van der Waals surface area contributed by atoms with Crippen molar-refractivity contribution in [2.24, 2.45) is 0 Å². The van der Waals surface area contributed by atoms with Crippen LogP contribution in [0.2, 0.25) is 0 Å². The molecule has 0 unspecified atom stereocenters. The third-order valence-corrected chi connectivity index (χ3v) is 16.0. The molecular weight excluding hydrogens is 1050 g/mol. The van der Waals surface area contributed by atoms with Gasteiger partial charge in [0.15, 0.2) is 11.5 Å². The Kier molecular flexibility index (Phi) is 9.29. The van der Waals surface area contributed by atoms with Crippen LogP contribution in [0.15, 0.2) is 35.8 Å². The number of hydrogen-bond acceptors (Lipinski definition) is 1. The van der Waals surface area contributed by atoms with E-state index in [0.717, 1.165) is 42.9 Å². The highest BCUT2D eigenvalue weighted by Crippen LogP contribution is 2.52. The van der Waals surface area contributed by atoms with Crippen LogP contribution in [0.3, 0.4) is 0 Å². The van der Waals surface area contributed by atoms with E-state index in [-0.39, 0.29) is 0 Å². The molecule has 0 heterocycles. The molecule has 2 rings (SSSR count). The quantitative estimate of drug-likeness (QED) is 0.165. The standard InChI is InChI=1S/C12Br8I2O/c13-1-5(17)11(6(18)2(14)9(1)21)23-12-7(19)3(15)10(22)4(16)8(12)20. The van der Waals surface area contributed by atoms with Crippen LogP contribution >= 0.6 is 173 Å². The smallest absolute Gasteiger partial charge is 0.158 e. The molecule has 0 amide bonds. The summed E-state index contributed by atoms with van der Waals surface area (Å²) in [6, 6.07) is 0. The first-order valence-corrected chi connectivity index (χ1v) is 13.8. The normalized spacial score (nSPS) is 11.0. The topological polar surface area (TPSA) is 9.23 Å². The third-order valence-electron chi connectivity index (χ3n) is 2.54. The fourth-order valence-electron chi connectivity index (χ4n) is 1.45. The number of benzene rings is 2. The van der Waals surface area contributed by atoms with Gasteiger partial charge in [0.2, 0.25) is 0 Å². The van der Waals surface area contributed by atoms with Crippen molar-refractivity contribution < 1.29 is 4.74 Å². The van der Waals surface area contributed by atoms with Gasteiger partial charge in [-0.3, -0.25) is 0 Å². The Hall–Kier alpha value is 3.54. The van der Waals surface area contributed by atoms with Crippen molar-refractivity contribution in [2.75, 3.05) is 0 Å². The highest BCUT2D eigenvalue weighted by Gasteiger charge is 2.24. The molecule has 0 N–H and O–H groups in total. The first kappa shape index (κ1) is 22.8. The van der Waals surface area contributed by atoms with E-state index in [2.05, 4.69) is 173 Å². The first-order chi connectivity index (χ1) is 10.6. The second-order valence-electron chi connectivity index (χ2n) is 3.90. The lowest BCUT2D eigenvalue weighted by Gasteiger charge is -2.18. The Bertz CT molecular complexity index is 698. The van der Waals surface area contributed by atoms with Crippen LogP contribution in [0, 0.1) is 7.14 Å². The van der Waals surface area contributed by atoms with Crippen molar-refractivity contribution in [3.8, 4) is 11.5 Å². The molecule has 0 aromatic heterocycles. The lowest BCUT2D eigenvalue weighted by atomic mass is 10.3. The Morgan fingerprint density at radius 1 is 0.435 bits per heavy atom. The summed E-state index contributed by atoms with van der Waals surface area (Å²) in [6.45, 7) is 0. The summed E-state index contributed by atoms with van der Waals surface area (Å²) < 4.78 is 15.2. The van der Waals surface area contributed by atoms with Gasteiger partial charge in [-0.15, -0.1) is 0 Å². The largest absolute Gasteiger partial charge is 0.452 e. The molecule has 0 radical (unpaired) electrons. The van der Waals surface area contributed by atoms with Gasteiger partial charge in [-0.2, -0.15) is 0 Å². The van der Waals surface area contributed by atoms with Gasteiger partial charge >= 0.3 is 0 Å². The van der Waals surface area contributed by atoms with E-state index >= 15 is 0 Å². The molecule has 2 aromatic rings. The second-order valence-corrected chi connectivity index (χ2v) is 12.4. The minimum atomic E-state index is 0.658. The number of hydrogen-bond donors (Lipinski definition) is 0. The molecule has 0 aliphatic rings. The molecule has 0 saturated heterocycles. The summed E-state index contributed by atoms with van der Waals surface area (Å²) in [5.74, 6) is 1.32.